The molecular weight excluding hydrogens is 398 g/mol. The lowest BCUT2D eigenvalue weighted by Gasteiger charge is -2.28. The predicted molar refractivity (Wildman–Crippen MR) is 113 cm³/mol. The van der Waals surface area contributed by atoms with Crippen molar-refractivity contribution in [2.75, 3.05) is 20.8 Å². The molecule has 0 saturated carbocycles. The van der Waals surface area contributed by atoms with Crippen LogP contribution in [0, 0.1) is 18.3 Å². The number of rotatable bonds is 5. The second kappa shape index (κ2) is 8.36. The Morgan fingerprint density at radius 2 is 2.03 bits per heavy atom. The van der Waals surface area contributed by atoms with Gasteiger partial charge in [0.05, 0.1) is 38.3 Å². The number of benzene rings is 1. The van der Waals surface area contributed by atoms with E-state index in [1.54, 1.807) is 35.9 Å². The van der Waals surface area contributed by atoms with E-state index in [2.05, 4.69) is 6.07 Å². The Morgan fingerprint density at radius 1 is 1.26 bits per heavy atom. The topological polar surface area (TPSA) is 109 Å². The third kappa shape index (κ3) is 3.62. The molecule has 1 aromatic carbocycles. The van der Waals surface area contributed by atoms with E-state index >= 15 is 0 Å². The minimum atomic E-state index is -0.683. The fourth-order valence-corrected chi connectivity index (χ4v) is 4.27. The molecule has 31 heavy (non-hydrogen) atoms. The van der Waals surface area contributed by atoms with Crippen LogP contribution >= 0.6 is 0 Å². The van der Waals surface area contributed by atoms with Crippen molar-refractivity contribution in [3.8, 4) is 23.3 Å². The Labute approximate surface area is 180 Å². The normalized spacial score (nSPS) is 20.1. The molecule has 0 radical (unpaired) electrons. The molecule has 0 aliphatic carbocycles. The predicted octanol–water partition coefficient (Wildman–Crippen LogP) is 2.57. The van der Waals surface area contributed by atoms with Gasteiger partial charge in [-0.15, -0.1) is 0 Å². The molecule has 0 spiro atoms. The summed E-state index contributed by atoms with van der Waals surface area (Å²) in [5.74, 6) is 0.717. The standard InChI is InChI=1S/C23H25N3O5/c1-13-9-19-21(23(27)26(13)12-15-5-4-8-30-15)20(16(11-24)22(25)31-19)14-6-7-17(28-2)18(10-14)29-3/h6-7,9-10,15,20H,4-5,8,12,25H2,1-3H3/t15-,20+/m1/s1. The number of ether oxygens (including phenoxy) is 4. The first-order valence-electron chi connectivity index (χ1n) is 10.1. The SMILES string of the molecule is COc1ccc([C@H]2C(C#N)=C(N)Oc3cc(C)n(C[C@H]4CCCO4)c(=O)c32)cc1OC. The summed E-state index contributed by atoms with van der Waals surface area (Å²) in [4.78, 5) is 13.7. The van der Waals surface area contributed by atoms with E-state index in [0.717, 1.165) is 18.5 Å². The van der Waals surface area contributed by atoms with Gasteiger partial charge < -0.3 is 29.2 Å². The highest BCUT2D eigenvalue weighted by atomic mass is 16.5. The van der Waals surface area contributed by atoms with E-state index in [4.69, 9.17) is 24.7 Å². The Balaban J connectivity index is 1.90. The molecule has 2 aromatic rings. The molecule has 162 valence electrons. The molecule has 1 aromatic heterocycles. The van der Waals surface area contributed by atoms with Gasteiger partial charge in [-0.1, -0.05) is 6.07 Å². The molecule has 8 nitrogen and oxygen atoms in total. The highest BCUT2D eigenvalue weighted by Gasteiger charge is 2.35. The zero-order valence-electron chi connectivity index (χ0n) is 17.8. The molecular formula is C23H25N3O5. The van der Waals surface area contributed by atoms with Crippen LogP contribution in [0.4, 0.5) is 0 Å². The van der Waals surface area contributed by atoms with Gasteiger partial charge in [-0.05, 0) is 37.5 Å². The van der Waals surface area contributed by atoms with E-state index in [1.165, 1.54) is 7.11 Å². The first-order valence-corrected chi connectivity index (χ1v) is 10.1. The van der Waals surface area contributed by atoms with Crippen molar-refractivity contribution in [2.45, 2.75) is 38.3 Å². The number of nitrogens with zero attached hydrogens (tertiary/aromatic N) is 2. The summed E-state index contributed by atoms with van der Waals surface area (Å²) in [6.07, 6.45) is 1.89. The molecule has 4 rings (SSSR count). The van der Waals surface area contributed by atoms with Crippen LogP contribution in [0.25, 0.3) is 0 Å². The van der Waals surface area contributed by atoms with Crippen molar-refractivity contribution in [1.82, 2.24) is 4.57 Å². The number of hydrogen-bond acceptors (Lipinski definition) is 7. The molecule has 2 aliphatic rings. The molecule has 2 atom stereocenters. The fourth-order valence-electron chi connectivity index (χ4n) is 4.27. The molecule has 2 aliphatic heterocycles. The van der Waals surface area contributed by atoms with E-state index in [9.17, 15) is 10.1 Å². The van der Waals surface area contributed by atoms with Gasteiger partial charge in [0, 0.05) is 18.4 Å². The third-order valence-corrected chi connectivity index (χ3v) is 5.84. The van der Waals surface area contributed by atoms with Crippen molar-refractivity contribution in [2.24, 2.45) is 5.73 Å². The van der Waals surface area contributed by atoms with Gasteiger partial charge in [-0.2, -0.15) is 5.26 Å². The second-order valence-corrected chi connectivity index (χ2v) is 7.65. The van der Waals surface area contributed by atoms with Gasteiger partial charge in [-0.25, -0.2) is 0 Å². The minimum absolute atomic E-state index is 0.00506. The van der Waals surface area contributed by atoms with Gasteiger partial charge in [0.25, 0.3) is 5.56 Å². The van der Waals surface area contributed by atoms with Crippen LogP contribution in [0.3, 0.4) is 0 Å². The van der Waals surface area contributed by atoms with Crippen molar-refractivity contribution in [3.05, 3.63) is 62.9 Å². The third-order valence-electron chi connectivity index (χ3n) is 5.84. The fraction of sp³-hybridized carbons (Fsp3) is 0.391. The molecule has 1 saturated heterocycles. The Kier molecular flexibility index (Phi) is 5.61. The molecule has 0 bridgehead atoms. The summed E-state index contributed by atoms with van der Waals surface area (Å²) in [7, 11) is 3.08. The monoisotopic (exact) mass is 423 g/mol. The average Bonchev–Trinajstić information content (AvgIpc) is 3.28. The maximum Gasteiger partial charge on any atom is 0.258 e. The van der Waals surface area contributed by atoms with Crippen LogP contribution in [-0.4, -0.2) is 31.5 Å². The van der Waals surface area contributed by atoms with Gasteiger partial charge in [0.2, 0.25) is 5.88 Å². The number of nitriles is 1. The number of hydrogen-bond donors (Lipinski definition) is 1. The number of aryl methyl sites for hydroxylation is 1. The smallest absolute Gasteiger partial charge is 0.258 e. The van der Waals surface area contributed by atoms with Crippen molar-refractivity contribution in [1.29, 1.82) is 5.26 Å². The molecule has 2 N–H and O–H groups in total. The largest absolute Gasteiger partial charge is 0.493 e. The number of nitrogens with two attached hydrogens (primary N) is 1. The van der Waals surface area contributed by atoms with Gasteiger partial charge >= 0.3 is 0 Å². The molecule has 3 heterocycles. The van der Waals surface area contributed by atoms with Crippen LogP contribution in [0.5, 0.6) is 17.2 Å². The summed E-state index contributed by atoms with van der Waals surface area (Å²) in [5, 5.41) is 9.84. The van der Waals surface area contributed by atoms with Gasteiger partial charge in [0.15, 0.2) is 11.5 Å². The molecule has 1 fully saturated rings. The van der Waals surface area contributed by atoms with E-state index < -0.39 is 5.92 Å². The quantitative estimate of drug-likeness (QED) is 0.787. The first kappa shape index (κ1) is 20.8. The van der Waals surface area contributed by atoms with Crippen LogP contribution < -0.4 is 25.5 Å². The van der Waals surface area contributed by atoms with Gasteiger partial charge in [-0.3, -0.25) is 4.79 Å². The van der Waals surface area contributed by atoms with Crippen LogP contribution in [-0.2, 0) is 11.3 Å². The van der Waals surface area contributed by atoms with E-state index in [1.807, 2.05) is 6.92 Å². The molecule has 8 heteroatoms. The maximum absolute atomic E-state index is 13.7. The van der Waals surface area contributed by atoms with Crippen molar-refractivity contribution in [3.63, 3.8) is 0 Å². The summed E-state index contributed by atoms with van der Waals surface area (Å²) in [5.41, 5.74) is 7.86. The summed E-state index contributed by atoms with van der Waals surface area (Å²) >= 11 is 0. The first-order chi connectivity index (χ1) is 15.0. The lowest BCUT2D eigenvalue weighted by Crippen LogP contribution is -2.35. The minimum Gasteiger partial charge on any atom is -0.493 e. The van der Waals surface area contributed by atoms with Crippen molar-refractivity contribution < 1.29 is 18.9 Å². The highest BCUT2D eigenvalue weighted by molar-refractivity contribution is 5.57. The number of pyridine rings is 1. The van der Waals surface area contributed by atoms with Crippen LogP contribution in [0.1, 0.15) is 35.6 Å². The van der Waals surface area contributed by atoms with Crippen molar-refractivity contribution >= 4 is 0 Å². The van der Waals surface area contributed by atoms with Crippen LogP contribution in [0.2, 0.25) is 0 Å². The van der Waals surface area contributed by atoms with Crippen LogP contribution in [0.15, 0.2) is 40.5 Å². The summed E-state index contributed by atoms with van der Waals surface area (Å²) in [6, 6.07) is 9.22. The van der Waals surface area contributed by atoms with Gasteiger partial charge in [0.1, 0.15) is 17.4 Å². The number of aromatic nitrogens is 1. The van der Waals surface area contributed by atoms with E-state index in [-0.39, 0.29) is 23.1 Å². The second-order valence-electron chi connectivity index (χ2n) is 7.65. The molecule has 0 amide bonds. The Hall–Kier alpha value is -3.44. The Morgan fingerprint density at radius 3 is 2.68 bits per heavy atom. The number of fused-ring (bicyclic) bond motifs is 1. The highest BCUT2D eigenvalue weighted by Crippen LogP contribution is 2.42. The lowest BCUT2D eigenvalue weighted by molar-refractivity contribution is 0.0955. The zero-order chi connectivity index (χ0) is 22.1. The molecule has 0 unspecified atom stereocenters. The number of allylic oxidation sites excluding steroid dienone is 1. The maximum atomic E-state index is 13.7. The zero-order valence-corrected chi connectivity index (χ0v) is 17.8. The lowest BCUT2D eigenvalue weighted by atomic mass is 9.84. The average molecular weight is 423 g/mol. The summed E-state index contributed by atoms with van der Waals surface area (Å²) in [6.45, 7) is 3.02. The Bertz CT molecular complexity index is 1140. The number of methoxy groups -OCH3 is 2. The summed E-state index contributed by atoms with van der Waals surface area (Å²) < 4.78 is 23.9. The van der Waals surface area contributed by atoms with E-state index in [0.29, 0.717) is 41.5 Å².